The normalized spacial score (nSPS) is 38.9. The average Bonchev–Trinajstić information content (AvgIpc) is 2.51. The molecule has 11 heteroatoms. The molecule has 0 aliphatic heterocycles. The molecule has 0 aromatic rings. The van der Waals surface area contributed by atoms with Crippen molar-refractivity contribution in [2.75, 3.05) is 13.2 Å². The van der Waals surface area contributed by atoms with E-state index in [1.54, 1.807) is 0 Å². The van der Waals surface area contributed by atoms with Crippen molar-refractivity contribution in [1.82, 2.24) is 10.6 Å². The molecule has 168 valence electrons. The molecule has 2 N–H and O–H groups in total. The predicted octanol–water partition coefficient (Wildman–Crippen LogP) is 0.972. The standard InChI is InChI=1S/C19H25F3N2O6/c20-19(21,22)30-14-3-13(4-14)29-7-16(27)24-18-8-17(9-18,10-18)23-15(26)6-28-12-1-11(2-12)5-25/h5,11-14H,1-4,6-10H2,(H,23,26)(H,24,27)/t11?,12?,13-,14+,17?,18?. The molecule has 0 aromatic carbocycles. The molecule has 5 rings (SSSR count). The van der Waals surface area contributed by atoms with E-state index in [9.17, 15) is 27.6 Å². The minimum absolute atomic E-state index is 0.0319. The van der Waals surface area contributed by atoms with E-state index in [2.05, 4.69) is 15.4 Å². The summed E-state index contributed by atoms with van der Waals surface area (Å²) in [5.74, 6) is -0.469. The Kier molecular flexibility index (Phi) is 5.56. The Morgan fingerprint density at radius 3 is 1.77 bits per heavy atom. The highest BCUT2D eigenvalue weighted by Crippen LogP contribution is 2.60. The quantitative estimate of drug-likeness (QED) is 0.497. The molecule has 5 aliphatic carbocycles. The number of nitrogens with one attached hydrogen (secondary N) is 2. The first-order chi connectivity index (χ1) is 14.1. The Morgan fingerprint density at radius 1 is 0.867 bits per heavy atom. The summed E-state index contributed by atoms with van der Waals surface area (Å²) in [7, 11) is 0. The number of halogens is 3. The van der Waals surface area contributed by atoms with Crippen LogP contribution in [0.5, 0.6) is 0 Å². The molecule has 0 radical (unpaired) electrons. The molecule has 5 fully saturated rings. The Morgan fingerprint density at radius 2 is 1.33 bits per heavy atom. The van der Waals surface area contributed by atoms with Crippen molar-refractivity contribution >= 4 is 18.1 Å². The molecular formula is C19H25F3N2O6. The van der Waals surface area contributed by atoms with Crippen LogP contribution in [0, 0.1) is 5.92 Å². The maximum atomic E-state index is 12.1. The third-order valence-corrected chi connectivity index (χ3v) is 6.42. The van der Waals surface area contributed by atoms with Crippen molar-refractivity contribution in [3.05, 3.63) is 0 Å². The Hall–Kier alpha value is -1.72. The van der Waals surface area contributed by atoms with Gasteiger partial charge in [-0.2, -0.15) is 0 Å². The molecule has 2 amide bonds. The van der Waals surface area contributed by atoms with Gasteiger partial charge in [-0.15, -0.1) is 13.2 Å². The fourth-order valence-electron chi connectivity index (χ4n) is 4.90. The molecule has 8 nitrogen and oxygen atoms in total. The van der Waals surface area contributed by atoms with Gasteiger partial charge in [0, 0.05) is 29.8 Å². The lowest BCUT2D eigenvalue weighted by molar-refractivity contribution is -0.357. The highest BCUT2D eigenvalue weighted by atomic mass is 19.4. The minimum Gasteiger partial charge on any atom is -0.368 e. The topological polar surface area (TPSA) is 103 Å². The molecule has 0 saturated heterocycles. The zero-order valence-electron chi connectivity index (χ0n) is 16.3. The van der Waals surface area contributed by atoms with Gasteiger partial charge in [-0.1, -0.05) is 0 Å². The van der Waals surface area contributed by atoms with Gasteiger partial charge < -0.3 is 24.9 Å². The number of alkyl halides is 3. The van der Waals surface area contributed by atoms with E-state index in [1.165, 1.54) is 0 Å². The Bertz CT molecular complexity index is 683. The van der Waals surface area contributed by atoms with Gasteiger partial charge in [0.25, 0.3) is 0 Å². The third kappa shape index (κ3) is 4.78. The van der Waals surface area contributed by atoms with Crippen molar-refractivity contribution in [3.8, 4) is 0 Å². The molecular weight excluding hydrogens is 409 g/mol. The number of carbonyl (C=O) groups excluding carboxylic acids is 3. The van der Waals surface area contributed by atoms with E-state index in [0.29, 0.717) is 32.1 Å². The summed E-state index contributed by atoms with van der Waals surface area (Å²) in [6.45, 7) is -0.243. The first kappa shape index (κ1) is 21.5. The van der Waals surface area contributed by atoms with Crippen LogP contribution < -0.4 is 10.6 Å². The lowest BCUT2D eigenvalue weighted by atomic mass is 9.44. The molecule has 0 atom stereocenters. The maximum Gasteiger partial charge on any atom is 0.522 e. The van der Waals surface area contributed by atoms with Crippen molar-refractivity contribution in [1.29, 1.82) is 0 Å². The van der Waals surface area contributed by atoms with Crippen LogP contribution in [0.2, 0.25) is 0 Å². The predicted molar refractivity (Wildman–Crippen MR) is 94.0 cm³/mol. The number of hydrogen-bond donors (Lipinski definition) is 2. The van der Waals surface area contributed by atoms with Gasteiger partial charge in [-0.25, -0.2) is 0 Å². The molecule has 0 unspecified atom stereocenters. The number of hydrogen-bond acceptors (Lipinski definition) is 6. The van der Waals surface area contributed by atoms with Crippen molar-refractivity contribution < 1.29 is 41.8 Å². The Balaban J connectivity index is 1.06. The highest BCUT2D eigenvalue weighted by Gasteiger charge is 2.69. The third-order valence-electron chi connectivity index (χ3n) is 6.42. The fourth-order valence-corrected chi connectivity index (χ4v) is 4.90. The number of carbonyl (C=O) groups is 3. The van der Waals surface area contributed by atoms with E-state index >= 15 is 0 Å². The van der Waals surface area contributed by atoms with Gasteiger partial charge in [0.2, 0.25) is 11.8 Å². The molecule has 0 heterocycles. The SMILES string of the molecule is O=CC1CC(OCC(=O)NC23CC(NC(=O)CO[C@H]4C[C@@H](OC(F)(F)F)C4)(C2)C3)C1. The summed E-state index contributed by atoms with van der Waals surface area (Å²) < 4.78 is 50.9. The summed E-state index contributed by atoms with van der Waals surface area (Å²) in [6.07, 6.45) is -1.61. The fraction of sp³-hybridized carbons (Fsp3) is 0.842. The van der Waals surface area contributed by atoms with Gasteiger partial charge in [-0.05, 0) is 32.1 Å². The zero-order valence-corrected chi connectivity index (χ0v) is 16.3. The molecule has 0 aromatic heterocycles. The van der Waals surface area contributed by atoms with Gasteiger partial charge in [0.05, 0.1) is 18.3 Å². The maximum absolute atomic E-state index is 12.1. The number of amides is 2. The van der Waals surface area contributed by atoms with E-state index in [0.717, 1.165) is 6.29 Å². The van der Waals surface area contributed by atoms with Crippen molar-refractivity contribution in [2.24, 2.45) is 5.92 Å². The van der Waals surface area contributed by atoms with Gasteiger partial charge >= 0.3 is 6.36 Å². The summed E-state index contributed by atoms with van der Waals surface area (Å²) in [6, 6.07) is 0. The lowest BCUT2D eigenvalue weighted by Crippen LogP contribution is -2.84. The average molecular weight is 434 g/mol. The van der Waals surface area contributed by atoms with Crippen molar-refractivity contribution in [3.63, 3.8) is 0 Å². The van der Waals surface area contributed by atoms with Crippen LogP contribution in [0.25, 0.3) is 0 Å². The van der Waals surface area contributed by atoms with Crippen LogP contribution in [0.3, 0.4) is 0 Å². The highest BCUT2D eigenvalue weighted by molar-refractivity contribution is 5.81. The lowest BCUT2D eigenvalue weighted by Gasteiger charge is -2.70. The largest absolute Gasteiger partial charge is 0.522 e. The van der Waals surface area contributed by atoms with E-state index in [4.69, 9.17) is 9.47 Å². The summed E-state index contributed by atoms with van der Waals surface area (Å²) in [4.78, 5) is 34.6. The second-order valence-corrected chi connectivity index (χ2v) is 9.08. The van der Waals surface area contributed by atoms with Gasteiger partial charge in [0.15, 0.2) is 0 Å². The molecule has 5 saturated carbocycles. The molecule has 5 aliphatic rings. The molecule has 2 bridgehead atoms. The number of aldehydes is 1. The second kappa shape index (κ2) is 7.76. The number of rotatable bonds is 10. The summed E-state index contributed by atoms with van der Waals surface area (Å²) in [5, 5.41) is 5.85. The first-order valence-electron chi connectivity index (χ1n) is 10.1. The zero-order chi connectivity index (χ0) is 21.6. The van der Waals surface area contributed by atoms with E-state index in [1.807, 2.05) is 0 Å². The minimum atomic E-state index is -4.65. The first-order valence-corrected chi connectivity index (χ1v) is 10.1. The van der Waals surface area contributed by atoms with Crippen LogP contribution in [-0.2, 0) is 28.6 Å². The molecule has 0 spiro atoms. The smallest absolute Gasteiger partial charge is 0.368 e. The molecule has 30 heavy (non-hydrogen) atoms. The van der Waals surface area contributed by atoms with E-state index in [-0.39, 0.29) is 61.0 Å². The monoisotopic (exact) mass is 434 g/mol. The summed E-state index contributed by atoms with van der Waals surface area (Å²) in [5.41, 5.74) is -0.628. The van der Waals surface area contributed by atoms with Crippen molar-refractivity contribution in [2.45, 2.75) is 80.7 Å². The van der Waals surface area contributed by atoms with E-state index < -0.39 is 18.6 Å². The Labute approximate surface area is 171 Å². The van der Waals surface area contributed by atoms with Crippen LogP contribution >= 0.6 is 0 Å². The van der Waals surface area contributed by atoms with Gasteiger partial charge in [-0.3, -0.25) is 14.3 Å². The van der Waals surface area contributed by atoms with Crippen LogP contribution in [0.4, 0.5) is 13.2 Å². The number of ether oxygens (including phenoxy) is 3. The van der Waals surface area contributed by atoms with Gasteiger partial charge in [0.1, 0.15) is 19.5 Å². The summed E-state index contributed by atoms with van der Waals surface area (Å²) >= 11 is 0. The van der Waals surface area contributed by atoms with Crippen LogP contribution in [-0.4, -0.2) is 67.1 Å². The second-order valence-electron chi connectivity index (χ2n) is 9.08. The van der Waals surface area contributed by atoms with Crippen LogP contribution in [0.15, 0.2) is 0 Å². The van der Waals surface area contributed by atoms with Crippen LogP contribution in [0.1, 0.15) is 44.9 Å².